The molecular weight excluding hydrogens is 534 g/mol. The normalized spacial score (nSPS) is 20.3. The Morgan fingerprint density at radius 2 is 1.48 bits per heavy atom. The molecule has 0 atom stereocenters. The largest absolute Gasteiger partial charge is 0.455 e. The number of hydrogen-bond donors (Lipinski definition) is 0. The van der Waals surface area contributed by atoms with Crippen LogP contribution < -0.4 is 4.57 Å². The van der Waals surface area contributed by atoms with Crippen LogP contribution in [0.25, 0.3) is 55.4 Å². The van der Waals surface area contributed by atoms with Crippen LogP contribution >= 0.6 is 0 Å². The monoisotopic (exact) mass is 588 g/mol. The van der Waals surface area contributed by atoms with Crippen LogP contribution in [0, 0.1) is 32.9 Å². The summed E-state index contributed by atoms with van der Waals surface area (Å²) in [6, 6.07) is 24.5. The Kier molecular flexibility index (Phi) is 4.72. The van der Waals surface area contributed by atoms with Gasteiger partial charge in [0.05, 0.1) is 5.56 Å². The summed E-state index contributed by atoms with van der Waals surface area (Å²) in [5.41, 5.74) is 4.72. The van der Waals surface area contributed by atoms with Crippen molar-refractivity contribution in [2.45, 2.75) is 72.9 Å². The van der Waals surface area contributed by atoms with Gasteiger partial charge < -0.3 is 4.42 Å². The van der Waals surface area contributed by atoms with E-state index in [1.807, 2.05) is 67.6 Å². The molecule has 44 heavy (non-hydrogen) atoms. The smallest absolute Gasteiger partial charge is 0.216 e. The van der Waals surface area contributed by atoms with Gasteiger partial charge in [-0.25, -0.2) is 4.57 Å². The van der Waals surface area contributed by atoms with Crippen LogP contribution in [-0.2, 0) is 7.05 Å². The zero-order valence-corrected chi connectivity index (χ0v) is 25.8. The fourth-order valence-electron chi connectivity index (χ4n) is 6.82. The van der Waals surface area contributed by atoms with E-state index in [1.165, 1.54) is 18.3 Å². The minimum Gasteiger partial charge on any atom is -0.455 e. The molecule has 222 valence electrons. The Morgan fingerprint density at radius 3 is 2.18 bits per heavy atom. The molecule has 2 aromatic heterocycles. The number of aryl methyl sites for hydroxylation is 5. The van der Waals surface area contributed by atoms with Gasteiger partial charge >= 0.3 is 0 Å². The molecule has 0 N–H and O–H groups in total. The number of rotatable bonds is 4. The van der Waals surface area contributed by atoms with E-state index >= 15 is 0 Å². The average molecular weight is 589 g/mol. The minimum absolute atomic E-state index is 0.00501. The molecule has 0 spiro atoms. The maximum Gasteiger partial charge on any atom is 0.216 e. The zero-order valence-electron chi connectivity index (χ0n) is 35.8. The van der Waals surface area contributed by atoms with Crippen LogP contribution in [0.2, 0.25) is 0 Å². The highest BCUT2D eigenvalue weighted by Gasteiger charge is 2.29. The lowest BCUT2D eigenvalue weighted by Gasteiger charge is -2.35. The first-order valence-corrected chi connectivity index (χ1v) is 15.3. The summed E-state index contributed by atoms with van der Waals surface area (Å²) in [6.07, 6.45) is 3.79. The number of fused-ring (bicyclic) bond motifs is 3. The second kappa shape index (κ2) is 10.8. The van der Waals surface area contributed by atoms with E-state index < -0.39 is 26.4 Å². The number of aromatic nitrogens is 1. The Morgan fingerprint density at radius 1 is 0.773 bits per heavy atom. The van der Waals surface area contributed by atoms with Crippen LogP contribution in [0.15, 0.2) is 89.5 Å². The first-order valence-electron chi connectivity index (χ1n) is 20.3. The van der Waals surface area contributed by atoms with Crippen LogP contribution in [0.1, 0.15) is 86.9 Å². The lowest BCUT2D eigenvalue weighted by Crippen LogP contribution is -2.31. The topological polar surface area (TPSA) is 17.0 Å². The first-order chi connectivity index (χ1) is 25.1. The van der Waals surface area contributed by atoms with Crippen molar-refractivity contribution in [2.24, 2.45) is 12.5 Å². The molecule has 0 unspecified atom stereocenters. The van der Waals surface area contributed by atoms with E-state index in [2.05, 4.69) is 13.8 Å². The van der Waals surface area contributed by atoms with Gasteiger partial charge in [0.25, 0.3) is 0 Å². The molecule has 4 aromatic carbocycles. The molecule has 6 aromatic rings. The third kappa shape index (κ3) is 4.95. The summed E-state index contributed by atoms with van der Waals surface area (Å²) >= 11 is 0. The van der Waals surface area contributed by atoms with Crippen molar-refractivity contribution in [1.29, 1.82) is 0 Å². The van der Waals surface area contributed by atoms with Gasteiger partial charge in [-0.3, -0.25) is 0 Å². The van der Waals surface area contributed by atoms with Crippen LogP contribution in [0.4, 0.5) is 0 Å². The second-order valence-electron chi connectivity index (χ2n) is 13.1. The molecule has 0 bridgehead atoms. The predicted octanol–water partition coefficient (Wildman–Crippen LogP) is 11.3. The second-order valence-corrected chi connectivity index (χ2v) is 13.1. The molecule has 1 aliphatic rings. The van der Waals surface area contributed by atoms with Gasteiger partial charge in [-0.05, 0) is 121 Å². The highest BCUT2D eigenvalue weighted by molar-refractivity contribution is 6.10. The molecular formula is C42H44NO+. The molecule has 0 radical (unpaired) electrons. The van der Waals surface area contributed by atoms with E-state index in [1.54, 1.807) is 17.7 Å². The molecule has 1 saturated carbocycles. The molecule has 7 rings (SSSR count). The number of benzene rings is 4. The van der Waals surface area contributed by atoms with Gasteiger partial charge in [0.15, 0.2) is 6.20 Å². The Bertz CT molecular complexity index is 2370. The van der Waals surface area contributed by atoms with E-state index in [9.17, 15) is 1.37 Å². The van der Waals surface area contributed by atoms with Gasteiger partial charge in [-0.1, -0.05) is 74.5 Å². The lowest BCUT2D eigenvalue weighted by atomic mass is 9.71. The van der Waals surface area contributed by atoms with Crippen molar-refractivity contribution in [2.75, 3.05) is 0 Å². The summed E-state index contributed by atoms with van der Waals surface area (Å²) in [5.74, 6) is -1.19. The summed E-state index contributed by atoms with van der Waals surface area (Å²) in [4.78, 5) is 0. The van der Waals surface area contributed by atoms with Crippen molar-refractivity contribution in [3.63, 3.8) is 0 Å². The molecule has 2 heteroatoms. The lowest BCUT2D eigenvalue weighted by molar-refractivity contribution is -0.660. The Hall–Kier alpha value is -4.17. The third-order valence-electron chi connectivity index (χ3n) is 9.51. The van der Waals surface area contributed by atoms with Gasteiger partial charge in [0, 0.05) is 36.1 Å². The van der Waals surface area contributed by atoms with Crippen molar-refractivity contribution >= 4 is 21.9 Å². The number of pyridine rings is 1. The van der Waals surface area contributed by atoms with Crippen LogP contribution in [-0.4, -0.2) is 0 Å². The highest BCUT2D eigenvalue weighted by atomic mass is 16.3. The van der Waals surface area contributed by atoms with Gasteiger partial charge in [-0.2, -0.15) is 0 Å². The minimum atomic E-state index is -2.83. The predicted molar refractivity (Wildman–Crippen MR) is 185 cm³/mol. The van der Waals surface area contributed by atoms with Crippen molar-refractivity contribution in [3.8, 4) is 33.5 Å². The van der Waals surface area contributed by atoms with E-state index in [0.29, 0.717) is 40.8 Å². The SMILES string of the molecule is [2H]C([2H])([2H])c1c[n+](C)c(-c2c(C)ccc3c2oc2cc(-c4ccccc4)ccc23)cc1-c1c(C([2H])([2H])[2H])cc(C2([2H])CCC(C)(C)CC2)cc1C([2H])([2H])[2H]. The van der Waals surface area contributed by atoms with E-state index in [-0.39, 0.29) is 33.2 Å². The van der Waals surface area contributed by atoms with Crippen molar-refractivity contribution in [3.05, 3.63) is 113 Å². The van der Waals surface area contributed by atoms with Crippen molar-refractivity contribution in [1.82, 2.24) is 0 Å². The van der Waals surface area contributed by atoms with E-state index in [4.69, 9.17) is 16.8 Å². The van der Waals surface area contributed by atoms with Gasteiger partial charge in [-0.15, -0.1) is 0 Å². The summed E-state index contributed by atoms with van der Waals surface area (Å²) < 4.78 is 95.7. The number of nitrogens with zero attached hydrogens (tertiary/aromatic N) is 1. The fourth-order valence-corrected chi connectivity index (χ4v) is 6.82. The third-order valence-corrected chi connectivity index (χ3v) is 9.51. The van der Waals surface area contributed by atoms with Crippen molar-refractivity contribution < 1.29 is 22.7 Å². The molecule has 1 aliphatic carbocycles. The van der Waals surface area contributed by atoms with Gasteiger partial charge in [0.1, 0.15) is 18.2 Å². The maximum atomic E-state index is 9.47. The molecule has 1 fully saturated rings. The summed E-state index contributed by atoms with van der Waals surface area (Å²) in [6.45, 7) is -2.20. The van der Waals surface area contributed by atoms with Gasteiger partial charge in [0.2, 0.25) is 5.69 Å². The maximum absolute atomic E-state index is 9.47. The quantitative estimate of drug-likeness (QED) is 0.187. The molecule has 2 heterocycles. The zero-order chi connectivity index (χ0) is 39.2. The first kappa shape index (κ1) is 19.3. The number of furan rings is 1. The molecule has 0 aliphatic heterocycles. The highest BCUT2D eigenvalue weighted by Crippen LogP contribution is 2.44. The fraction of sp³-hybridized carbons (Fsp3) is 0.310. The molecule has 2 nitrogen and oxygen atoms in total. The average Bonchev–Trinajstić information content (AvgIpc) is 3.46. The van der Waals surface area contributed by atoms with Crippen LogP contribution in [0.5, 0.6) is 0 Å². The Labute approximate surface area is 276 Å². The summed E-state index contributed by atoms with van der Waals surface area (Å²) in [5, 5.41) is 1.74. The summed E-state index contributed by atoms with van der Waals surface area (Å²) in [7, 11) is 1.72. The van der Waals surface area contributed by atoms with E-state index in [0.717, 1.165) is 40.3 Å². The Balaban J connectivity index is 1.52. The standard InChI is InChI=1S/C42H44NO/c1-26-13-15-35-34-16-14-32(30-11-9-8-10-12-30)23-38(34)44-41(35)40(26)37-24-36(29(4)25-43(37)7)39-27(2)21-33(22-28(39)3)31-17-19-42(5,6)20-18-31/h8-16,21-25,31H,17-20H2,1-7H3/q+1/i2D3,3D3,4D3,31D. The number of hydrogen-bond acceptors (Lipinski definition) is 1. The van der Waals surface area contributed by atoms with Crippen LogP contribution in [0.3, 0.4) is 0 Å². The molecule has 0 amide bonds. The molecule has 0 saturated heterocycles.